The van der Waals surface area contributed by atoms with Gasteiger partial charge in [-0.25, -0.2) is 0 Å². The number of hydrogen-bond acceptors (Lipinski definition) is 1. The summed E-state index contributed by atoms with van der Waals surface area (Å²) in [5.74, 6) is 0. The van der Waals surface area contributed by atoms with Crippen molar-refractivity contribution in [2.24, 2.45) is 0 Å². The first-order chi connectivity index (χ1) is 8.81. The van der Waals surface area contributed by atoms with Crippen LogP contribution in [0, 0.1) is 6.92 Å². The predicted octanol–water partition coefficient (Wildman–Crippen LogP) is 4.18. The van der Waals surface area contributed by atoms with Crippen molar-refractivity contribution in [3.05, 3.63) is 60.2 Å². The zero-order chi connectivity index (χ0) is 12.5. The van der Waals surface area contributed by atoms with E-state index < -0.39 is 0 Å². The molecule has 0 fully saturated rings. The van der Waals surface area contributed by atoms with E-state index in [1.165, 1.54) is 5.56 Å². The monoisotopic (exact) mass is 234 g/mol. The van der Waals surface area contributed by atoms with Crippen LogP contribution >= 0.6 is 0 Å². The van der Waals surface area contributed by atoms with Crippen LogP contribution in [0.15, 0.2) is 49.0 Å². The first-order valence-electron chi connectivity index (χ1n) is 5.97. The highest BCUT2D eigenvalue weighted by molar-refractivity contribution is 5.99. The number of rotatable bonds is 2. The van der Waals surface area contributed by atoms with Gasteiger partial charge in [0.15, 0.2) is 0 Å². The molecule has 0 bridgehead atoms. The molecule has 2 heteroatoms. The Kier molecular flexibility index (Phi) is 2.49. The summed E-state index contributed by atoms with van der Waals surface area (Å²) >= 11 is 0. The van der Waals surface area contributed by atoms with Crippen LogP contribution in [0.1, 0.15) is 11.1 Å². The Balaban J connectivity index is 2.37. The van der Waals surface area contributed by atoms with Crippen molar-refractivity contribution in [1.29, 1.82) is 0 Å². The Morgan fingerprint density at radius 1 is 1.11 bits per heavy atom. The molecule has 0 unspecified atom stereocenters. The third kappa shape index (κ3) is 1.54. The second-order valence-corrected chi connectivity index (χ2v) is 4.36. The third-order valence-corrected chi connectivity index (χ3v) is 3.24. The topological polar surface area (TPSA) is 28.7 Å². The molecule has 0 aliphatic heterocycles. The van der Waals surface area contributed by atoms with Crippen LogP contribution in [0.3, 0.4) is 0 Å². The quantitative estimate of drug-likeness (QED) is 0.708. The summed E-state index contributed by atoms with van der Waals surface area (Å²) in [6, 6.07) is 14.4. The maximum atomic E-state index is 4.46. The van der Waals surface area contributed by atoms with Gasteiger partial charge in [-0.2, -0.15) is 5.10 Å². The minimum absolute atomic E-state index is 0.999. The Labute approximate surface area is 106 Å². The van der Waals surface area contributed by atoms with Gasteiger partial charge in [-0.3, -0.25) is 5.10 Å². The van der Waals surface area contributed by atoms with Gasteiger partial charge in [-0.1, -0.05) is 49.1 Å². The number of aromatic nitrogens is 2. The lowest BCUT2D eigenvalue weighted by molar-refractivity contribution is 1.12. The number of H-pyrrole nitrogens is 1. The number of aryl methyl sites for hydroxylation is 1. The second kappa shape index (κ2) is 4.15. The lowest BCUT2D eigenvalue weighted by Gasteiger charge is -2.04. The van der Waals surface area contributed by atoms with Crippen molar-refractivity contribution in [2.75, 3.05) is 0 Å². The Hall–Kier alpha value is -2.35. The molecule has 1 heterocycles. The van der Waals surface area contributed by atoms with Gasteiger partial charge in [0.25, 0.3) is 0 Å². The number of hydrogen-bond donors (Lipinski definition) is 1. The van der Waals surface area contributed by atoms with Crippen molar-refractivity contribution in [1.82, 2.24) is 10.2 Å². The van der Waals surface area contributed by atoms with Crippen molar-refractivity contribution >= 4 is 17.0 Å². The lowest BCUT2D eigenvalue weighted by atomic mass is 10.00. The summed E-state index contributed by atoms with van der Waals surface area (Å²) in [6.07, 6.45) is 1.87. The summed E-state index contributed by atoms with van der Waals surface area (Å²) < 4.78 is 0. The second-order valence-electron chi connectivity index (χ2n) is 4.36. The fraction of sp³-hybridized carbons (Fsp3) is 0.0625. The highest BCUT2D eigenvalue weighted by atomic mass is 15.1. The summed E-state index contributed by atoms with van der Waals surface area (Å²) in [5, 5.41) is 8.69. The van der Waals surface area contributed by atoms with Gasteiger partial charge >= 0.3 is 0 Å². The van der Waals surface area contributed by atoms with E-state index in [9.17, 15) is 0 Å². The van der Waals surface area contributed by atoms with Gasteiger partial charge in [0, 0.05) is 10.9 Å². The van der Waals surface area contributed by atoms with Gasteiger partial charge in [0.05, 0.1) is 5.52 Å². The van der Waals surface area contributed by atoms with E-state index in [1.54, 1.807) is 0 Å². The summed E-state index contributed by atoms with van der Waals surface area (Å²) in [6.45, 7) is 5.98. The van der Waals surface area contributed by atoms with Crippen LogP contribution in [-0.2, 0) is 0 Å². The zero-order valence-electron chi connectivity index (χ0n) is 10.3. The molecule has 2 aromatic carbocycles. The minimum Gasteiger partial charge on any atom is -0.277 e. The molecule has 88 valence electrons. The Bertz CT molecular complexity index is 723. The minimum atomic E-state index is 0.999. The molecule has 18 heavy (non-hydrogen) atoms. The standard InChI is InChI=1S/C16H14N2/c1-3-12-8-6-10-14-15(12)16(18-17-14)13-9-5-4-7-11(13)2/h3-10H,1H2,2H3,(H,17,18). The number of fused-ring (bicyclic) bond motifs is 1. The van der Waals surface area contributed by atoms with Crippen LogP contribution in [-0.4, -0.2) is 10.2 Å². The molecule has 0 amide bonds. The molecule has 0 saturated carbocycles. The number of benzene rings is 2. The molecule has 0 aliphatic rings. The fourth-order valence-corrected chi connectivity index (χ4v) is 2.30. The van der Waals surface area contributed by atoms with E-state index in [1.807, 2.05) is 30.3 Å². The Morgan fingerprint density at radius 2 is 1.94 bits per heavy atom. The molecule has 3 rings (SSSR count). The molecule has 2 nitrogen and oxygen atoms in total. The first kappa shape index (κ1) is 10.8. The highest BCUT2D eigenvalue weighted by Gasteiger charge is 2.11. The number of aromatic amines is 1. The average Bonchev–Trinajstić information content (AvgIpc) is 2.83. The van der Waals surface area contributed by atoms with E-state index in [4.69, 9.17) is 0 Å². The summed E-state index contributed by atoms with van der Waals surface area (Å²) in [7, 11) is 0. The van der Waals surface area contributed by atoms with Gasteiger partial charge in [-0.05, 0) is 24.1 Å². The van der Waals surface area contributed by atoms with Crippen molar-refractivity contribution in [2.45, 2.75) is 6.92 Å². The number of nitrogens with zero attached hydrogens (tertiary/aromatic N) is 1. The lowest BCUT2D eigenvalue weighted by Crippen LogP contribution is -1.84. The summed E-state index contributed by atoms with van der Waals surface area (Å²) in [4.78, 5) is 0. The molecular formula is C16H14N2. The number of nitrogens with one attached hydrogen (secondary N) is 1. The third-order valence-electron chi connectivity index (χ3n) is 3.24. The molecule has 0 atom stereocenters. The molecular weight excluding hydrogens is 220 g/mol. The Morgan fingerprint density at radius 3 is 2.72 bits per heavy atom. The van der Waals surface area contributed by atoms with Gasteiger partial charge in [0.2, 0.25) is 0 Å². The van der Waals surface area contributed by atoms with E-state index in [0.717, 1.165) is 27.7 Å². The smallest absolute Gasteiger partial charge is 0.101 e. The van der Waals surface area contributed by atoms with Crippen molar-refractivity contribution in [3.63, 3.8) is 0 Å². The van der Waals surface area contributed by atoms with Crippen molar-refractivity contribution in [3.8, 4) is 11.3 Å². The molecule has 3 aromatic rings. The molecule has 0 saturated heterocycles. The molecule has 0 radical (unpaired) electrons. The van der Waals surface area contributed by atoms with E-state index >= 15 is 0 Å². The SMILES string of the molecule is C=Cc1cccc2[nH]nc(-c3ccccc3C)c12. The average molecular weight is 234 g/mol. The molecule has 1 N–H and O–H groups in total. The molecule has 0 aliphatic carbocycles. The predicted molar refractivity (Wildman–Crippen MR) is 76.4 cm³/mol. The van der Waals surface area contributed by atoms with Gasteiger partial charge in [0.1, 0.15) is 5.69 Å². The normalized spacial score (nSPS) is 10.7. The largest absolute Gasteiger partial charge is 0.277 e. The van der Waals surface area contributed by atoms with Crippen LogP contribution in [0.4, 0.5) is 0 Å². The van der Waals surface area contributed by atoms with Crippen LogP contribution < -0.4 is 0 Å². The van der Waals surface area contributed by atoms with Crippen LogP contribution in [0.5, 0.6) is 0 Å². The summed E-state index contributed by atoms with van der Waals surface area (Å²) in [5.41, 5.74) is 5.55. The van der Waals surface area contributed by atoms with E-state index in [0.29, 0.717) is 0 Å². The van der Waals surface area contributed by atoms with Gasteiger partial charge in [-0.15, -0.1) is 0 Å². The molecule has 1 aromatic heterocycles. The van der Waals surface area contributed by atoms with Crippen molar-refractivity contribution < 1.29 is 0 Å². The zero-order valence-corrected chi connectivity index (χ0v) is 10.3. The first-order valence-corrected chi connectivity index (χ1v) is 5.97. The van der Waals surface area contributed by atoms with E-state index in [-0.39, 0.29) is 0 Å². The fourth-order valence-electron chi connectivity index (χ4n) is 2.30. The van der Waals surface area contributed by atoms with Crippen LogP contribution in [0.25, 0.3) is 28.2 Å². The maximum Gasteiger partial charge on any atom is 0.101 e. The maximum absolute atomic E-state index is 4.46. The molecule has 0 spiro atoms. The van der Waals surface area contributed by atoms with Crippen LogP contribution in [0.2, 0.25) is 0 Å². The van der Waals surface area contributed by atoms with Gasteiger partial charge < -0.3 is 0 Å². The van der Waals surface area contributed by atoms with E-state index in [2.05, 4.69) is 41.9 Å². The highest BCUT2D eigenvalue weighted by Crippen LogP contribution is 2.31.